The third-order valence-electron chi connectivity index (χ3n) is 11.9. The fourth-order valence-electron chi connectivity index (χ4n) is 9.99. The van der Waals surface area contributed by atoms with Crippen molar-refractivity contribution in [2.24, 2.45) is 45.3 Å². The number of aliphatic hydroxyl groups is 1. The highest BCUT2D eigenvalue weighted by atomic mass is 16.6. The van der Waals surface area contributed by atoms with E-state index in [2.05, 4.69) is 48.5 Å². The molecule has 5 rings (SSSR count). The van der Waals surface area contributed by atoms with Gasteiger partial charge in [-0.15, -0.1) is 0 Å². The van der Waals surface area contributed by atoms with Gasteiger partial charge >= 0.3 is 5.97 Å². The maximum Gasteiger partial charge on any atom is 0.321 e. The van der Waals surface area contributed by atoms with Crippen molar-refractivity contribution >= 4 is 11.8 Å². The molecule has 1 spiro atoms. The number of ketones is 1. The van der Waals surface area contributed by atoms with E-state index in [-0.39, 0.29) is 45.9 Å². The summed E-state index contributed by atoms with van der Waals surface area (Å²) in [6.07, 6.45) is 10.2. The van der Waals surface area contributed by atoms with Gasteiger partial charge in [-0.25, -0.2) is 0 Å². The average molecular weight is 471 g/mol. The fraction of sp³-hybridized carbons (Fsp3) is 0.867. The molecule has 4 aliphatic carbocycles. The Labute approximate surface area is 206 Å². The number of allylic oxidation sites excluding steroid dienone is 2. The van der Waals surface area contributed by atoms with E-state index in [4.69, 9.17) is 4.74 Å². The molecule has 4 heteroatoms. The van der Waals surface area contributed by atoms with E-state index in [1.807, 2.05) is 6.08 Å². The lowest BCUT2D eigenvalue weighted by atomic mass is 9.40. The smallest absolute Gasteiger partial charge is 0.321 e. The van der Waals surface area contributed by atoms with E-state index < -0.39 is 11.0 Å². The molecule has 1 N–H and O–H groups in total. The predicted octanol–water partition coefficient (Wildman–Crippen LogP) is 6.25. The van der Waals surface area contributed by atoms with Gasteiger partial charge in [0.15, 0.2) is 5.78 Å². The number of carbonyl (C=O) groups is 2. The highest BCUT2D eigenvalue weighted by molar-refractivity contribution is 6.13. The van der Waals surface area contributed by atoms with E-state index in [0.29, 0.717) is 11.8 Å². The number of hydrogen-bond donors (Lipinski definition) is 1. The van der Waals surface area contributed by atoms with Gasteiger partial charge in [0.25, 0.3) is 0 Å². The minimum atomic E-state index is -1.01. The molecular formula is C30H46O4. The van der Waals surface area contributed by atoms with Gasteiger partial charge in [-0.3, -0.25) is 9.59 Å². The summed E-state index contributed by atoms with van der Waals surface area (Å²) in [5, 5.41) is 10.8. The zero-order valence-electron chi connectivity index (χ0n) is 22.5. The maximum atomic E-state index is 14.2. The molecule has 1 heterocycles. The summed E-state index contributed by atoms with van der Waals surface area (Å²) in [5.41, 5.74) is -0.905. The van der Waals surface area contributed by atoms with Crippen LogP contribution in [0.1, 0.15) is 106 Å². The first kappa shape index (κ1) is 24.5. The van der Waals surface area contributed by atoms with Crippen molar-refractivity contribution in [3.05, 3.63) is 11.6 Å². The van der Waals surface area contributed by atoms with Gasteiger partial charge in [0.05, 0.1) is 6.10 Å². The van der Waals surface area contributed by atoms with Gasteiger partial charge in [0.2, 0.25) is 0 Å². The largest absolute Gasteiger partial charge is 0.458 e. The number of rotatable bonds is 4. The molecule has 0 aromatic rings. The fourth-order valence-corrected chi connectivity index (χ4v) is 9.99. The van der Waals surface area contributed by atoms with Crippen LogP contribution in [0.25, 0.3) is 0 Å². The number of fused-ring (bicyclic) bond motifs is 4. The minimum Gasteiger partial charge on any atom is -0.458 e. The molecule has 1 aliphatic heterocycles. The second-order valence-corrected chi connectivity index (χ2v) is 14.2. The first-order valence-electron chi connectivity index (χ1n) is 13.9. The standard InChI is InChI=1S/C30H46O4/c1-18(2)9-8-14-29(7)22-12-16-28(6)19-10-11-21-26(3,4)23(31)13-15-27(21,5)20(19)17-24(32)30(22,28)25(33)34-29/h17-19,21-23,31H,8-16H2,1-7H3. The van der Waals surface area contributed by atoms with E-state index in [1.165, 1.54) is 5.57 Å². The topological polar surface area (TPSA) is 63.6 Å². The zero-order chi connectivity index (χ0) is 24.9. The molecule has 5 aliphatic rings. The normalized spacial score (nSPS) is 49.1. The number of carbonyl (C=O) groups excluding carboxylic acids is 2. The van der Waals surface area contributed by atoms with Crippen LogP contribution in [0.2, 0.25) is 0 Å². The van der Waals surface area contributed by atoms with Crippen molar-refractivity contribution in [3.8, 4) is 0 Å². The Morgan fingerprint density at radius 1 is 1.00 bits per heavy atom. The molecule has 0 radical (unpaired) electrons. The molecular weight excluding hydrogens is 424 g/mol. The Hall–Kier alpha value is -1.16. The van der Waals surface area contributed by atoms with Gasteiger partial charge in [0.1, 0.15) is 11.0 Å². The molecule has 1 saturated heterocycles. The van der Waals surface area contributed by atoms with Crippen LogP contribution in [0.5, 0.6) is 0 Å². The van der Waals surface area contributed by atoms with Crippen LogP contribution in [-0.2, 0) is 14.3 Å². The Morgan fingerprint density at radius 2 is 1.71 bits per heavy atom. The van der Waals surface area contributed by atoms with Crippen LogP contribution in [0.3, 0.4) is 0 Å². The van der Waals surface area contributed by atoms with E-state index >= 15 is 0 Å². The molecule has 3 saturated carbocycles. The summed E-state index contributed by atoms with van der Waals surface area (Å²) in [4.78, 5) is 28.1. The van der Waals surface area contributed by atoms with Crippen LogP contribution in [-0.4, -0.2) is 28.6 Å². The van der Waals surface area contributed by atoms with Gasteiger partial charge in [-0.2, -0.15) is 0 Å². The first-order valence-corrected chi connectivity index (χ1v) is 13.9. The number of hydrogen-bond acceptors (Lipinski definition) is 4. The lowest BCUT2D eigenvalue weighted by Crippen LogP contribution is -2.61. The third-order valence-corrected chi connectivity index (χ3v) is 11.9. The van der Waals surface area contributed by atoms with Crippen molar-refractivity contribution < 1.29 is 19.4 Å². The summed E-state index contributed by atoms with van der Waals surface area (Å²) < 4.78 is 6.23. The quantitative estimate of drug-likeness (QED) is 0.389. The second-order valence-electron chi connectivity index (χ2n) is 14.2. The van der Waals surface area contributed by atoms with Crippen LogP contribution in [0.15, 0.2) is 11.6 Å². The highest BCUT2D eigenvalue weighted by Crippen LogP contribution is 2.75. The average Bonchev–Trinajstić information content (AvgIpc) is 3.19. The van der Waals surface area contributed by atoms with Crippen LogP contribution < -0.4 is 0 Å². The second kappa shape index (κ2) is 7.43. The number of aliphatic hydroxyl groups excluding tert-OH is 1. The van der Waals surface area contributed by atoms with Gasteiger partial charge in [0, 0.05) is 5.92 Å². The van der Waals surface area contributed by atoms with Crippen molar-refractivity contribution in [2.45, 2.75) is 118 Å². The Kier molecular flexibility index (Phi) is 5.36. The van der Waals surface area contributed by atoms with Gasteiger partial charge < -0.3 is 9.84 Å². The molecule has 0 aromatic heterocycles. The van der Waals surface area contributed by atoms with E-state index in [9.17, 15) is 14.7 Å². The molecule has 0 bridgehead atoms. The molecule has 0 amide bonds. The summed E-state index contributed by atoms with van der Waals surface area (Å²) >= 11 is 0. The summed E-state index contributed by atoms with van der Waals surface area (Å²) in [6, 6.07) is 0. The number of ether oxygens (including phenoxy) is 1. The monoisotopic (exact) mass is 470 g/mol. The van der Waals surface area contributed by atoms with Gasteiger partial charge in [-0.05, 0) is 98.4 Å². The molecule has 4 fully saturated rings. The Balaban J connectivity index is 1.56. The lowest BCUT2D eigenvalue weighted by molar-refractivity contribution is -0.166. The molecule has 8 unspecified atom stereocenters. The first-order chi connectivity index (χ1) is 15.7. The van der Waals surface area contributed by atoms with Crippen molar-refractivity contribution in [1.82, 2.24) is 0 Å². The SMILES string of the molecule is CC(C)CCCC1(C)OC(=O)C23C(=O)C=C4C(CCC5C4(C)CCC(O)C5(C)C)C2(C)CCC13. The van der Waals surface area contributed by atoms with Crippen LogP contribution in [0, 0.1) is 45.3 Å². The summed E-state index contributed by atoms with van der Waals surface area (Å²) in [7, 11) is 0. The van der Waals surface area contributed by atoms with Crippen LogP contribution >= 0.6 is 0 Å². The Bertz CT molecular complexity index is 932. The highest BCUT2D eigenvalue weighted by Gasteiger charge is 2.79. The molecule has 4 nitrogen and oxygen atoms in total. The van der Waals surface area contributed by atoms with Crippen LogP contribution in [0.4, 0.5) is 0 Å². The van der Waals surface area contributed by atoms with Gasteiger partial charge in [-0.1, -0.05) is 53.5 Å². The predicted molar refractivity (Wildman–Crippen MR) is 133 cm³/mol. The molecule has 34 heavy (non-hydrogen) atoms. The lowest BCUT2D eigenvalue weighted by Gasteiger charge is -2.62. The third kappa shape index (κ3) is 2.81. The molecule has 0 aromatic carbocycles. The molecule has 8 atom stereocenters. The van der Waals surface area contributed by atoms with Crippen molar-refractivity contribution in [1.29, 1.82) is 0 Å². The summed E-state index contributed by atoms with van der Waals surface area (Å²) in [5.74, 6) is 0.979. The number of esters is 1. The Morgan fingerprint density at radius 3 is 2.38 bits per heavy atom. The van der Waals surface area contributed by atoms with Crippen molar-refractivity contribution in [3.63, 3.8) is 0 Å². The van der Waals surface area contributed by atoms with Crippen molar-refractivity contribution in [2.75, 3.05) is 0 Å². The van der Waals surface area contributed by atoms with E-state index in [0.717, 1.165) is 57.8 Å². The maximum absolute atomic E-state index is 14.2. The number of cyclic esters (lactones) is 1. The zero-order valence-corrected chi connectivity index (χ0v) is 22.5. The minimum absolute atomic E-state index is 0.0205. The molecule has 190 valence electrons. The summed E-state index contributed by atoms with van der Waals surface area (Å²) in [6.45, 7) is 15.6. The van der Waals surface area contributed by atoms with E-state index in [1.54, 1.807) is 0 Å².